The summed E-state index contributed by atoms with van der Waals surface area (Å²) in [4.78, 5) is 0. The van der Waals surface area contributed by atoms with Gasteiger partial charge >= 0.3 is 0 Å². The zero-order valence-corrected chi connectivity index (χ0v) is 35.9. The molecule has 296 valence electrons. The fourth-order valence-electron chi connectivity index (χ4n) is 11.7. The molecule has 0 atom stereocenters. The van der Waals surface area contributed by atoms with Crippen LogP contribution in [0.1, 0.15) is 44.5 Å². The number of hydrogen-bond acceptors (Lipinski definition) is 0. The maximum Gasteiger partial charge on any atom is 0.179 e. The van der Waals surface area contributed by atoms with Crippen molar-refractivity contribution in [1.82, 2.24) is 0 Å². The Hall–Kier alpha value is -7.58. The maximum atomic E-state index is 2.47. The van der Waals surface area contributed by atoms with E-state index in [1.54, 1.807) is 0 Å². The van der Waals surface area contributed by atoms with Gasteiger partial charge in [-0.25, -0.2) is 0 Å². The third-order valence-electron chi connectivity index (χ3n) is 14.2. The molecule has 10 aromatic rings. The van der Waals surface area contributed by atoms with E-state index >= 15 is 0 Å². The molecule has 0 bridgehead atoms. The second kappa shape index (κ2) is 14.8. The highest BCUT2D eigenvalue weighted by molar-refractivity contribution is 7.19. The van der Waals surface area contributed by atoms with Crippen molar-refractivity contribution in [2.75, 3.05) is 0 Å². The SMILES string of the molecule is c1ccc(C2(c3ccc([Si](c4ccccc4)(c4ccccc4)c4ccc(C5(c6ccccc6)c6ccccc6-c6ccccc65)cc4)cc3)c3ccccc3-c3ccccc32)cc1. The van der Waals surface area contributed by atoms with E-state index in [0.717, 1.165) is 0 Å². The summed E-state index contributed by atoms with van der Waals surface area (Å²) >= 11 is 0. The van der Waals surface area contributed by atoms with E-state index in [1.807, 2.05) is 0 Å². The standard InChI is InChI=1S/C62H44Si/c1-5-21-45(22-6-1)61(57-33-17-13-29-53(57)54-30-14-18-34-58(54)61)47-37-41-51(42-38-47)63(49-25-9-3-10-26-49,50-27-11-4-12-28-50)52-43-39-48(40-44-52)62(46-23-7-2-8-24-46)59-35-19-15-31-55(59)56-32-16-20-36-60(56)62/h1-44H. The van der Waals surface area contributed by atoms with Gasteiger partial charge in [0, 0.05) is 0 Å². The van der Waals surface area contributed by atoms with E-state index in [4.69, 9.17) is 0 Å². The molecule has 0 unspecified atom stereocenters. The monoisotopic (exact) mass is 816 g/mol. The van der Waals surface area contributed by atoms with Crippen molar-refractivity contribution in [2.45, 2.75) is 10.8 Å². The number of hydrogen-bond donors (Lipinski definition) is 0. The van der Waals surface area contributed by atoms with Crippen LogP contribution in [0.5, 0.6) is 0 Å². The molecule has 2 aliphatic carbocycles. The molecule has 0 amide bonds. The Morgan fingerprint density at radius 3 is 0.714 bits per heavy atom. The van der Waals surface area contributed by atoms with Gasteiger partial charge in [-0.2, -0.15) is 0 Å². The first-order valence-electron chi connectivity index (χ1n) is 22.1. The maximum absolute atomic E-state index is 2.92. The highest BCUT2D eigenvalue weighted by Gasteiger charge is 2.49. The largest absolute Gasteiger partial charge is 0.179 e. The van der Waals surface area contributed by atoms with E-state index in [0.29, 0.717) is 0 Å². The Morgan fingerprint density at radius 1 is 0.190 bits per heavy atom. The van der Waals surface area contributed by atoms with Gasteiger partial charge in [-0.1, -0.05) is 267 Å². The normalized spacial score (nSPS) is 14.0. The summed E-state index contributed by atoms with van der Waals surface area (Å²) in [5.41, 5.74) is 14.7. The summed E-state index contributed by atoms with van der Waals surface area (Å²) in [6.07, 6.45) is 0. The van der Waals surface area contributed by atoms with Crippen LogP contribution in [-0.4, -0.2) is 8.07 Å². The van der Waals surface area contributed by atoms with Gasteiger partial charge in [-0.3, -0.25) is 0 Å². The van der Waals surface area contributed by atoms with Crippen molar-refractivity contribution in [3.8, 4) is 22.3 Å². The van der Waals surface area contributed by atoms with Gasteiger partial charge < -0.3 is 0 Å². The van der Waals surface area contributed by atoms with E-state index in [9.17, 15) is 0 Å². The van der Waals surface area contributed by atoms with Crippen LogP contribution in [0.2, 0.25) is 0 Å². The van der Waals surface area contributed by atoms with Crippen LogP contribution in [0.4, 0.5) is 0 Å². The van der Waals surface area contributed by atoms with E-state index in [-0.39, 0.29) is 0 Å². The Morgan fingerprint density at radius 2 is 0.413 bits per heavy atom. The van der Waals surface area contributed by atoms with E-state index in [1.165, 1.54) is 87.5 Å². The minimum Gasteiger partial charge on any atom is -0.0623 e. The summed E-state index contributed by atoms with van der Waals surface area (Å²) in [5, 5.41) is 5.43. The van der Waals surface area contributed by atoms with Crippen molar-refractivity contribution in [1.29, 1.82) is 0 Å². The Balaban J connectivity index is 1.09. The summed E-state index contributed by atoms with van der Waals surface area (Å²) < 4.78 is 0. The van der Waals surface area contributed by atoms with Crippen LogP contribution in [0.25, 0.3) is 22.3 Å². The van der Waals surface area contributed by atoms with Gasteiger partial charge in [-0.15, -0.1) is 0 Å². The van der Waals surface area contributed by atoms with Crippen LogP contribution >= 0.6 is 0 Å². The van der Waals surface area contributed by atoms with Gasteiger partial charge in [0.05, 0.1) is 10.8 Å². The molecule has 0 saturated heterocycles. The van der Waals surface area contributed by atoms with Crippen LogP contribution in [0, 0.1) is 0 Å². The van der Waals surface area contributed by atoms with Crippen molar-refractivity contribution < 1.29 is 0 Å². The molecule has 0 N–H and O–H groups in total. The van der Waals surface area contributed by atoms with Gasteiger partial charge in [0.1, 0.15) is 0 Å². The highest BCUT2D eigenvalue weighted by Crippen LogP contribution is 2.57. The van der Waals surface area contributed by atoms with Gasteiger partial charge in [-0.05, 0) is 87.5 Å². The second-order valence-corrected chi connectivity index (χ2v) is 20.9. The molecule has 0 radical (unpaired) electrons. The Kier molecular flexibility index (Phi) is 8.74. The molecule has 10 aromatic carbocycles. The second-order valence-electron chi connectivity index (χ2n) is 17.1. The zero-order valence-electron chi connectivity index (χ0n) is 34.9. The minimum atomic E-state index is -2.92. The smallest absolute Gasteiger partial charge is 0.0623 e. The molecule has 0 fully saturated rings. The lowest BCUT2D eigenvalue weighted by molar-refractivity contribution is 0.768. The predicted molar refractivity (Wildman–Crippen MR) is 265 cm³/mol. The molecule has 0 aromatic heterocycles. The van der Waals surface area contributed by atoms with Crippen LogP contribution < -0.4 is 20.7 Å². The molecule has 63 heavy (non-hydrogen) atoms. The van der Waals surface area contributed by atoms with Gasteiger partial charge in [0.15, 0.2) is 8.07 Å². The fourth-order valence-corrected chi connectivity index (χ4v) is 16.5. The molecular formula is C62H44Si. The summed E-state index contributed by atoms with van der Waals surface area (Å²) in [7, 11) is -2.92. The Bertz CT molecular complexity index is 2930. The van der Waals surface area contributed by atoms with Crippen molar-refractivity contribution in [2.24, 2.45) is 0 Å². The molecule has 1 heteroatoms. The van der Waals surface area contributed by atoms with Crippen molar-refractivity contribution in [3.05, 3.63) is 311 Å². The lowest BCUT2D eigenvalue weighted by Crippen LogP contribution is -2.74. The first kappa shape index (κ1) is 37.2. The zero-order chi connectivity index (χ0) is 41.9. The topological polar surface area (TPSA) is 0 Å². The van der Waals surface area contributed by atoms with Crippen molar-refractivity contribution in [3.63, 3.8) is 0 Å². The molecule has 2 aliphatic rings. The third-order valence-corrected chi connectivity index (χ3v) is 19.0. The number of rotatable bonds is 8. The lowest BCUT2D eigenvalue weighted by atomic mass is 9.68. The van der Waals surface area contributed by atoms with Gasteiger partial charge in [0.2, 0.25) is 0 Å². The quantitative estimate of drug-likeness (QED) is 0.106. The predicted octanol–water partition coefficient (Wildman–Crippen LogP) is 11.8. The molecule has 0 heterocycles. The van der Waals surface area contributed by atoms with E-state index < -0.39 is 18.9 Å². The molecule has 0 nitrogen and oxygen atoms in total. The average molecular weight is 817 g/mol. The van der Waals surface area contributed by atoms with Gasteiger partial charge in [0.25, 0.3) is 0 Å². The third kappa shape index (κ3) is 5.27. The molecular weight excluding hydrogens is 773 g/mol. The summed E-state index contributed by atoms with van der Waals surface area (Å²) in [6, 6.07) is 101. The van der Waals surface area contributed by atoms with Crippen LogP contribution in [-0.2, 0) is 10.8 Å². The highest BCUT2D eigenvalue weighted by atomic mass is 28.3. The lowest BCUT2D eigenvalue weighted by Gasteiger charge is -2.37. The summed E-state index contributed by atoms with van der Waals surface area (Å²) in [6.45, 7) is 0. The molecule has 12 rings (SSSR count). The molecule has 0 saturated carbocycles. The molecule has 0 aliphatic heterocycles. The van der Waals surface area contributed by atoms with Crippen LogP contribution in [0.15, 0.2) is 267 Å². The average Bonchev–Trinajstić information content (AvgIpc) is 3.85. The first-order valence-corrected chi connectivity index (χ1v) is 24.1. The molecule has 0 spiro atoms. The minimum absolute atomic E-state index is 0.460. The first-order chi connectivity index (χ1) is 31.3. The number of benzene rings is 10. The van der Waals surface area contributed by atoms with Crippen LogP contribution in [0.3, 0.4) is 0 Å². The fraction of sp³-hybridized carbons (Fsp3) is 0.0323. The number of fused-ring (bicyclic) bond motifs is 6. The Labute approximate surface area is 371 Å². The van der Waals surface area contributed by atoms with E-state index in [2.05, 4.69) is 267 Å². The summed E-state index contributed by atoms with van der Waals surface area (Å²) in [5.74, 6) is 0. The van der Waals surface area contributed by atoms with Crippen molar-refractivity contribution >= 4 is 28.8 Å².